The number of amides is 1. The first-order valence-corrected chi connectivity index (χ1v) is 10.7. The molecule has 4 rings (SSSR count). The van der Waals surface area contributed by atoms with Gasteiger partial charge in [0.05, 0.1) is 29.9 Å². The van der Waals surface area contributed by atoms with E-state index in [9.17, 15) is 19.7 Å². The summed E-state index contributed by atoms with van der Waals surface area (Å²) in [5, 5.41) is 22.1. The maximum absolute atomic E-state index is 12.8. The van der Waals surface area contributed by atoms with Crippen molar-refractivity contribution in [2.75, 3.05) is 6.54 Å². The molecule has 1 amide bonds. The first kappa shape index (κ1) is 22.8. The molecular formula is C22H23N7O5. The predicted molar refractivity (Wildman–Crippen MR) is 121 cm³/mol. The Kier molecular flexibility index (Phi) is 6.48. The van der Waals surface area contributed by atoms with Crippen LogP contribution in [-0.2, 0) is 24.3 Å². The molecule has 34 heavy (non-hydrogen) atoms. The van der Waals surface area contributed by atoms with Crippen LogP contribution in [0.4, 0.5) is 5.69 Å². The van der Waals surface area contributed by atoms with Crippen molar-refractivity contribution in [2.24, 2.45) is 0 Å². The topological polar surface area (TPSA) is 151 Å². The highest BCUT2D eigenvalue weighted by atomic mass is 16.6. The van der Waals surface area contributed by atoms with Crippen LogP contribution in [0, 0.1) is 24.0 Å². The molecule has 0 saturated heterocycles. The van der Waals surface area contributed by atoms with Crippen LogP contribution in [0.5, 0.6) is 0 Å². The molecular weight excluding hydrogens is 442 g/mol. The summed E-state index contributed by atoms with van der Waals surface area (Å²) in [5.41, 5.74) is 2.62. The SMILES string of the molecule is Cc1noc(C)c1CCC(=O)NCCn1ncc2c(=O)n(Cc3ccc([N+](=O)[O-])cc3)cnc21. The van der Waals surface area contributed by atoms with Crippen molar-refractivity contribution in [1.82, 2.24) is 29.8 Å². The Morgan fingerprint density at radius 1 is 1.24 bits per heavy atom. The van der Waals surface area contributed by atoms with Crippen molar-refractivity contribution < 1.29 is 14.2 Å². The van der Waals surface area contributed by atoms with E-state index in [0.717, 1.165) is 22.6 Å². The van der Waals surface area contributed by atoms with Gasteiger partial charge in [0.2, 0.25) is 5.91 Å². The summed E-state index contributed by atoms with van der Waals surface area (Å²) in [4.78, 5) is 39.7. The van der Waals surface area contributed by atoms with E-state index in [1.165, 1.54) is 29.2 Å². The number of nitrogens with one attached hydrogen (secondary N) is 1. The van der Waals surface area contributed by atoms with Gasteiger partial charge >= 0.3 is 0 Å². The number of benzene rings is 1. The van der Waals surface area contributed by atoms with Crippen molar-refractivity contribution in [3.05, 3.63) is 79.8 Å². The van der Waals surface area contributed by atoms with E-state index in [0.29, 0.717) is 37.0 Å². The van der Waals surface area contributed by atoms with Crippen molar-refractivity contribution in [3.8, 4) is 0 Å². The highest BCUT2D eigenvalue weighted by Gasteiger charge is 2.13. The van der Waals surface area contributed by atoms with Gasteiger partial charge in [0.15, 0.2) is 5.65 Å². The van der Waals surface area contributed by atoms with Gasteiger partial charge in [0.25, 0.3) is 11.2 Å². The van der Waals surface area contributed by atoms with Crippen LogP contribution in [0.2, 0.25) is 0 Å². The largest absolute Gasteiger partial charge is 0.361 e. The van der Waals surface area contributed by atoms with E-state index in [1.807, 2.05) is 13.8 Å². The normalized spacial score (nSPS) is 11.1. The molecule has 0 atom stereocenters. The molecule has 12 heteroatoms. The molecule has 1 N–H and O–H groups in total. The third-order valence-electron chi connectivity index (χ3n) is 5.55. The maximum atomic E-state index is 12.8. The van der Waals surface area contributed by atoms with E-state index in [2.05, 4.69) is 20.6 Å². The van der Waals surface area contributed by atoms with Gasteiger partial charge in [-0.1, -0.05) is 17.3 Å². The Bertz CT molecular complexity index is 1380. The molecule has 0 saturated carbocycles. The summed E-state index contributed by atoms with van der Waals surface area (Å²) in [6, 6.07) is 6.00. The lowest BCUT2D eigenvalue weighted by atomic mass is 10.1. The molecule has 0 bridgehead atoms. The second-order valence-electron chi connectivity index (χ2n) is 7.86. The van der Waals surface area contributed by atoms with Crippen LogP contribution in [0.3, 0.4) is 0 Å². The Hall–Kier alpha value is -4.35. The molecule has 3 aromatic heterocycles. The summed E-state index contributed by atoms with van der Waals surface area (Å²) in [6.07, 6.45) is 3.74. The standard InChI is InChI=1S/C22H23N7O5/c1-14-18(15(2)34-26-14)7-8-20(30)23-9-10-28-21-19(11-25-28)22(31)27(13-24-21)12-16-3-5-17(6-4-16)29(32)33/h3-6,11,13H,7-10,12H2,1-2H3,(H,23,30). The molecule has 0 aliphatic carbocycles. The van der Waals surface area contributed by atoms with Gasteiger partial charge < -0.3 is 9.84 Å². The third-order valence-corrected chi connectivity index (χ3v) is 5.55. The summed E-state index contributed by atoms with van der Waals surface area (Å²) >= 11 is 0. The first-order valence-electron chi connectivity index (χ1n) is 10.7. The highest BCUT2D eigenvalue weighted by molar-refractivity contribution is 5.76. The van der Waals surface area contributed by atoms with E-state index in [4.69, 9.17) is 4.52 Å². The smallest absolute Gasteiger partial charge is 0.269 e. The lowest BCUT2D eigenvalue weighted by Gasteiger charge is -2.08. The molecule has 0 unspecified atom stereocenters. The van der Waals surface area contributed by atoms with Gasteiger partial charge in [-0.3, -0.25) is 24.3 Å². The zero-order valence-corrected chi connectivity index (χ0v) is 18.7. The Morgan fingerprint density at radius 3 is 2.68 bits per heavy atom. The fraction of sp³-hybridized carbons (Fsp3) is 0.318. The Labute approximate surface area is 193 Å². The minimum absolute atomic E-state index is 0.0123. The number of hydrogen-bond donors (Lipinski definition) is 1. The van der Waals surface area contributed by atoms with E-state index >= 15 is 0 Å². The Balaban J connectivity index is 1.36. The zero-order valence-electron chi connectivity index (χ0n) is 18.7. The van der Waals surface area contributed by atoms with Crippen molar-refractivity contribution in [2.45, 2.75) is 39.8 Å². The number of fused-ring (bicyclic) bond motifs is 1. The summed E-state index contributed by atoms with van der Waals surface area (Å²) in [7, 11) is 0. The van der Waals surface area contributed by atoms with Crippen LogP contribution in [0.15, 0.2) is 46.1 Å². The number of nitro groups is 1. The molecule has 4 aromatic rings. The van der Waals surface area contributed by atoms with E-state index in [1.54, 1.807) is 16.8 Å². The van der Waals surface area contributed by atoms with E-state index in [-0.39, 0.29) is 23.7 Å². The molecule has 0 fully saturated rings. The highest BCUT2D eigenvalue weighted by Crippen LogP contribution is 2.15. The summed E-state index contributed by atoms with van der Waals surface area (Å²) in [6.45, 7) is 4.60. The predicted octanol–water partition coefficient (Wildman–Crippen LogP) is 1.90. The zero-order chi connectivity index (χ0) is 24.2. The average Bonchev–Trinajstić information content (AvgIpc) is 3.37. The average molecular weight is 465 g/mol. The number of carbonyl (C=O) groups is 1. The van der Waals surface area contributed by atoms with Crippen LogP contribution >= 0.6 is 0 Å². The molecule has 12 nitrogen and oxygen atoms in total. The molecule has 0 aliphatic heterocycles. The van der Waals surface area contributed by atoms with Crippen molar-refractivity contribution >= 4 is 22.6 Å². The number of rotatable bonds is 9. The first-order chi connectivity index (χ1) is 16.3. The molecule has 1 aromatic carbocycles. The van der Waals surface area contributed by atoms with Gasteiger partial charge in [0, 0.05) is 30.7 Å². The quantitative estimate of drug-likeness (QED) is 0.291. The maximum Gasteiger partial charge on any atom is 0.269 e. The van der Waals surface area contributed by atoms with Gasteiger partial charge in [-0.25, -0.2) is 9.67 Å². The second-order valence-corrected chi connectivity index (χ2v) is 7.86. The molecule has 3 heterocycles. The van der Waals surface area contributed by atoms with Gasteiger partial charge in [0.1, 0.15) is 17.5 Å². The summed E-state index contributed by atoms with van der Waals surface area (Å²) in [5.74, 6) is 0.619. The van der Waals surface area contributed by atoms with Gasteiger partial charge in [-0.05, 0) is 25.8 Å². The van der Waals surface area contributed by atoms with Crippen molar-refractivity contribution in [1.29, 1.82) is 0 Å². The van der Waals surface area contributed by atoms with E-state index < -0.39 is 4.92 Å². The Morgan fingerprint density at radius 2 is 2.00 bits per heavy atom. The van der Waals surface area contributed by atoms with Crippen LogP contribution in [-0.4, -0.2) is 41.9 Å². The van der Waals surface area contributed by atoms with Crippen molar-refractivity contribution in [3.63, 3.8) is 0 Å². The number of aryl methyl sites for hydroxylation is 2. The number of carbonyl (C=O) groups excluding carboxylic acids is 1. The number of nitrogens with zero attached hydrogens (tertiary/aromatic N) is 6. The fourth-order valence-corrected chi connectivity index (χ4v) is 3.68. The number of aromatic nitrogens is 5. The fourth-order valence-electron chi connectivity index (χ4n) is 3.68. The summed E-state index contributed by atoms with van der Waals surface area (Å²) < 4.78 is 8.10. The lowest BCUT2D eigenvalue weighted by molar-refractivity contribution is -0.384. The molecule has 0 spiro atoms. The molecule has 0 radical (unpaired) electrons. The van der Waals surface area contributed by atoms with Crippen LogP contribution in [0.25, 0.3) is 11.0 Å². The number of non-ortho nitro benzene ring substituents is 1. The molecule has 0 aliphatic rings. The van der Waals surface area contributed by atoms with Gasteiger partial charge in [-0.15, -0.1) is 0 Å². The van der Waals surface area contributed by atoms with Gasteiger partial charge in [-0.2, -0.15) is 5.10 Å². The minimum Gasteiger partial charge on any atom is -0.361 e. The van der Waals surface area contributed by atoms with Crippen LogP contribution < -0.4 is 10.9 Å². The van der Waals surface area contributed by atoms with Crippen LogP contribution in [0.1, 0.15) is 29.0 Å². The third kappa shape index (κ3) is 4.85. The minimum atomic E-state index is -0.473. The number of hydrogen-bond acceptors (Lipinski definition) is 8. The monoisotopic (exact) mass is 465 g/mol. The second kappa shape index (κ2) is 9.65. The molecule has 176 valence electrons. The number of nitro benzene ring substituents is 1. The lowest BCUT2D eigenvalue weighted by Crippen LogP contribution is -2.28.